The van der Waals surface area contributed by atoms with Gasteiger partial charge in [0.15, 0.2) is 0 Å². The van der Waals surface area contributed by atoms with Crippen molar-refractivity contribution in [3.63, 3.8) is 0 Å². The van der Waals surface area contributed by atoms with Gasteiger partial charge in [-0.1, -0.05) is 6.08 Å². The molecule has 0 radical (unpaired) electrons. The van der Waals surface area contributed by atoms with E-state index in [4.69, 9.17) is 9.47 Å². The number of methoxy groups -OCH3 is 2. The Morgan fingerprint density at radius 1 is 1.40 bits per heavy atom. The maximum atomic E-state index is 9.60. The van der Waals surface area contributed by atoms with Gasteiger partial charge in [-0.2, -0.15) is 0 Å². The van der Waals surface area contributed by atoms with E-state index in [9.17, 15) is 5.11 Å². The summed E-state index contributed by atoms with van der Waals surface area (Å²) in [5.74, 6) is 1.46. The topological polar surface area (TPSA) is 56.5 Å². The highest BCUT2D eigenvalue weighted by molar-refractivity contribution is 5.85. The lowest BCUT2D eigenvalue weighted by atomic mass is 9.99. The van der Waals surface area contributed by atoms with Crippen LogP contribution in [0.15, 0.2) is 23.5 Å². The summed E-state index contributed by atoms with van der Waals surface area (Å²) in [6, 6.07) is 0. The molecule has 1 heterocycles. The Bertz CT molecular complexity index is 723. The second-order valence-electron chi connectivity index (χ2n) is 5.01. The summed E-state index contributed by atoms with van der Waals surface area (Å²) in [5.41, 5.74) is 2.26. The van der Waals surface area contributed by atoms with Crippen LogP contribution in [0.2, 0.25) is 0 Å². The first-order valence-corrected chi connectivity index (χ1v) is 6.64. The summed E-state index contributed by atoms with van der Waals surface area (Å²) in [6.45, 7) is 2.19. The zero-order chi connectivity index (χ0) is 14.3. The molecule has 20 heavy (non-hydrogen) atoms. The second-order valence-corrected chi connectivity index (χ2v) is 5.01. The van der Waals surface area contributed by atoms with E-state index in [1.807, 2.05) is 6.08 Å². The van der Waals surface area contributed by atoms with Crippen LogP contribution in [-0.4, -0.2) is 35.2 Å². The summed E-state index contributed by atoms with van der Waals surface area (Å²) in [6.07, 6.45) is 6.50. The Balaban J connectivity index is 2.27. The summed E-state index contributed by atoms with van der Waals surface area (Å²) < 4.78 is 12.6. The fourth-order valence-electron chi connectivity index (χ4n) is 2.76. The first kappa shape index (κ1) is 13.0. The molecule has 0 fully saturated rings. The van der Waals surface area contributed by atoms with E-state index >= 15 is 0 Å². The van der Waals surface area contributed by atoms with Gasteiger partial charge in [0.1, 0.15) is 5.76 Å². The van der Waals surface area contributed by atoms with Crippen molar-refractivity contribution in [2.75, 3.05) is 14.2 Å². The number of aromatic nitrogens is 2. The van der Waals surface area contributed by atoms with E-state index in [0.717, 1.165) is 28.3 Å². The second kappa shape index (κ2) is 4.83. The highest BCUT2D eigenvalue weighted by Gasteiger charge is 2.24. The van der Waals surface area contributed by atoms with Crippen molar-refractivity contribution in [2.45, 2.75) is 26.0 Å². The van der Waals surface area contributed by atoms with Gasteiger partial charge in [0.05, 0.1) is 37.4 Å². The van der Waals surface area contributed by atoms with Crippen LogP contribution in [0.3, 0.4) is 0 Å². The van der Waals surface area contributed by atoms with Crippen LogP contribution in [0.4, 0.5) is 0 Å². The van der Waals surface area contributed by atoms with Gasteiger partial charge in [0.2, 0.25) is 5.88 Å². The van der Waals surface area contributed by atoms with Crippen molar-refractivity contribution < 1.29 is 14.6 Å². The summed E-state index contributed by atoms with van der Waals surface area (Å²) in [5, 5.41) is 16.0. The molecular weight excluding hydrogens is 256 g/mol. The maximum absolute atomic E-state index is 9.60. The summed E-state index contributed by atoms with van der Waals surface area (Å²) in [4.78, 5) is 0. The number of hydrogen-bond acceptors (Lipinski definition) is 4. The molecule has 2 aliphatic rings. The lowest BCUT2D eigenvalue weighted by molar-refractivity contribution is 0.166. The number of rotatable bonds is 4. The molecule has 0 spiro atoms. The SMILES string of the molecule is COC1=C2C=c3c(c(OC)nn3CC(C)O)=C2CC=C1. The van der Waals surface area contributed by atoms with E-state index in [0.29, 0.717) is 12.4 Å². The van der Waals surface area contributed by atoms with E-state index in [-0.39, 0.29) is 0 Å². The molecule has 3 rings (SSSR count). The first-order valence-electron chi connectivity index (χ1n) is 6.64. The molecule has 0 bridgehead atoms. The molecule has 2 aliphatic carbocycles. The normalized spacial score (nSPS) is 17.7. The largest absolute Gasteiger partial charge is 0.496 e. The zero-order valence-corrected chi connectivity index (χ0v) is 11.9. The van der Waals surface area contributed by atoms with E-state index in [2.05, 4.69) is 17.3 Å². The van der Waals surface area contributed by atoms with Gasteiger partial charge in [0, 0.05) is 5.57 Å². The number of aliphatic hydroxyl groups excluding tert-OH is 1. The molecule has 0 saturated heterocycles. The Morgan fingerprint density at radius 3 is 2.85 bits per heavy atom. The van der Waals surface area contributed by atoms with Crippen LogP contribution >= 0.6 is 0 Å². The van der Waals surface area contributed by atoms with Crippen molar-refractivity contribution in [2.24, 2.45) is 0 Å². The Kier molecular flexibility index (Phi) is 3.14. The minimum atomic E-state index is -0.460. The molecule has 5 heteroatoms. The van der Waals surface area contributed by atoms with Gasteiger partial charge in [-0.15, -0.1) is 5.10 Å². The predicted octanol–water partition coefficient (Wildman–Crippen LogP) is 0.0777. The minimum absolute atomic E-state index is 0.443. The van der Waals surface area contributed by atoms with E-state index in [1.54, 1.807) is 25.8 Å². The van der Waals surface area contributed by atoms with Crippen LogP contribution in [0.25, 0.3) is 11.6 Å². The van der Waals surface area contributed by atoms with E-state index < -0.39 is 6.10 Å². The van der Waals surface area contributed by atoms with Gasteiger partial charge in [-0.05, 0) is 31.1 Å². The number of hydrogen-bond donors (Lipinski definition) is 1. The molecule has 0 aromatic carbocycles. The van der Waals surface area contributed by atoms with Crippen LogP contribution in [-0.2, 0) is 11.3 Å². The number of aliphatic hydroxyl groups is 1. The van der Waals surface area contributed by atoms with Gasteiger partial charge in [-0.3, -0.25) is 4.68 Å². The predicted molar refractivity (Wildman–Crippen MR) is 75.4 cm³/mol. The fourth-order valence-corrected chi connectivity index (χ4v) is 2.76. The highest BCUT2D eigenvalue weighted by Crippen LogP contribution is 2.29. The maximum Gasteiger partial charge on any atom is 0.240 e. The van der Waals surface area contributed by atoms with Crippen molar-refractivity contribution in [1.29, 1.82) is 0 Å². The molecule has 5 nitrogen and oxygen atoms in total. The number of nitrogens with zero attached hydrogens (tertiary/aromatic N) is 2. The molecule has 1 aromatic heterocycles. The van der Waals surface area contributed by atoms with Crippen molar-refractivity contribution in [3.05, 3.63) is 34.1 Å². The number of allylic oxidation sites excluding steroid dienone is 3. The average Bonchev–Trinajstić information content (AvgIpc) is 2.96. The van der Waals surface area contributed by atoms with E-state index in [1.165, 1.54) is 5.57 Å². The molecule has 0 saturated carbocycles. The zero-order valence-electron chi connectivity index (χ0n) is 11.9. The highest BCUT2D eigenvalue weighted by atomic mass is 16.5. The third kappa shape index (κ3) is 1.86. The number of fused-ring (bicyclic) bond motifs is 2. The van der Waals surface area contributed by atoms with Crippen LogP contribution in [0, 0.1) is 0 Å². The molecule has 0 aliphatic heterocycles. The molecule has 1 unspecified atom stereocenters. The molecule has 106 valence electrons. The van der Waals surface area contributed by atoms with Gasteiger partial charge in [-0.25, -0.2) is 0 Å². The quantitative estimate of drug-likeness (QED) is 0.844. The van der Waals surface area contributed by atoms with Gasteiger partial charge < -0.3 is 14.6 Å². The smallest absolute Gasteiger partial charge is 0.240 e. The molecule has 0 amide bonds. The van der Waals surface area contributed by atoms with Gasteiger partial charge >= 0.3 is 0 Å². The Hall–Kier alpha value is -2.01. The van der Waals surface area contributed by atoms with Crippen molar-refractivity contribution in [3.8, 4) is 5.88 Å². The fraction of sp³-hybridized carbons (Fsp3) is 0.400. The summed E-state index contributed by atoms with van der Waals surface area (Å²) in [7, 11) is 3.29. The third-order valence-electron chi connectivity index (χ3n) is 3.57. The van der Waals surface area contributed by atoms with Crippen molar-refractivity contribution in [1.82, 2.24) is 9.78 Å². The lowest BCUT2D eigenvalue weighted by Crippen LogP contribution is -2.31. The lowest BCUT2D eigenvalue weighted by Gasteiger charge is -2.13. The Labute approximate surface area is 117 Å². The minimum Gasteiger partial charge on any atom is -0.496 e. The van der Waals surface area contributed by atoms with Gasteiger partial charge in [0.25, 0.3) is 0 Å². The van der Waals surface area contributed by atoms with Crippen molar-refractivity contribution >= 4 is 11.6 Å². The molecule has 1 aromatic rings. The van der Waals surface area contributed by atoms with Crippen LogP contribution < -0.4 is 15.3 Å². The summed E-state index contributed by atoms with van der Waals surface area (Å²) >= 11 is 0. The standard InChI is InChI=1S/C15H18N2O3/c1-9(18)8-17-12-7-11-10(5-4-6-13(11)19-2)14(12)15(16-17)20-3/h4,6-7,9,18H,5,8H2,1-3H3. The monoisotopic (exact) mass is 274 g/mol. The van der Waals surface area contributed by atoms with Crippen LogP contribution in [0.1, 0.15) is 13.3 Å². The Morgan fingerprint density at radius 2 is 2.20 bits per heavy atom. The van der Waals surface area contributed by atoms with Crippen LogP contribution in [0.5, 0.6) is 5.88 Å². The first-order chi connectivity index (χ1) is 9.65. The number of ether oxygens (including phenoxy) is 2. The third-order valence-corrected chi connectivity index (χ3v) is 3.57. The molecular formula is C15H18N2O3. The molecule has 1 N–H and O–H groups in total. The average molecular weight is 274 g/mol. The molecule has 1 atom stereocenters.